The Balaban J connectivity index is 2.48. The van der Waals surface area contributed by atoms with Gasteiger partial charge in [0.1, 0.15) is 0 Å². The maximum Gasteiger partial charge on any atom is 0.232 e. The van der Waals surface area contributed by atoms with Crippen molar-refractivity contribution in [2.45, 2.75) is 19.8 Å². The molecule has 6 heteroatoms. The Kier molecular flexibility index (Phi) is 3.51. The van der Waals surface area contributed by atoms with Crippen molar-refractivity contribution in [1.29, 1.82) is 0 Å². The van der Waals surface area contributed by atoms with Crippen LogP contribution in [0.25, 0.3) is 0 Å². The second kappa shape index (κ2) is 4.45. The van der Waals surface area contributed by atoms with Gasteiger partial charge in [0.05, 0.1) is 0 Å². The fourth-order valence-electron chi connectivity index (χ4n) is 1.35. The van der Waals surface area contributed by atoms with E-state index in [2.05, 4.69) is 17.5 Å². The average Bonchev–Trinajstić information content (AvgIpc) is 2.39. The molecule has 1 heterocycles. The van der Waals surface area contributed by atoms with Gasteiger partial charge in [-0.1, -0.05) is 19.7 Å². The molecule has 1 fully saturated rings. The molecular formula is C8H12N2O3S. The van der Waals surface area contributed by atoms with Crippen LogP contribution in [-0.4, -0.2) is 29.2 Å². The smallest absolute Gasteiger partial charge is 0.232 e. The molecule has 1 rings (SSSR count). The molecule has 0 saturated carbocycles. The van der Waals surface area contributed by atoms with Crippen LogP contribution in [0.1, 0.15) is 19.8 Å². The maximum atomic E-state index is 11.4. The first kappa shape index (κ1) is 11.0. The van der Waals surface area contributed by atoms with E-state index in [4.69, 9.17) is 0 Å². The van der Waals surface area contributed by atoms with Crippen LogP contribution in [0.4, 0.5) is 0 Å². The van der Waals surface area contributed by atoms with Crippen molar-refractivity contribution in [3.8, 4) is 0 Å². The number of amides is 3. The molecule has 1 unspecified atom stereocenters. The molecule has 3 amide bonds. The summed E-state index contributed by atoms with van der Waals surface area (Å²) in [5, 5.41) is 0. The number of imide groups is 1. The summed E-state index contributed by atoms with van der Waals surface area (Å²) < 4.78 is 2.14. The second-order valence-electron chi connectivity index (χ2n) is 3.27. The molecule has 0 bridgehead atoms. The molecular weight excluding hydrogens is 204 g/mol. The second-order valence-corrected chi connectivity index (χ2v) is 3.50. The monoisotopic (exact) mass is 216 g/mol. The van der Waals surface area contributed by atoms with Crippen molar-refractivity contribution in [3.63, 3.8) is 0 Å². The van der Waals surface area contributed by atoms with Gasteiger partial charge in [0.15, 0.2) is 0 Å². The lowest BCUT2D eigenvalue weighted by atomic mass is 10.1. The van der Waals surface area contributed by atoms with Crippen LogP contribution in [0.5, 0.6) is 0 Å². The Morgan fingerprint density at radius 2 is 2.29 bits per heavy atom. The van der Waals surface area contributed by atoms with E-state index in [-0.39, 0.29) is 43.0 Å². The molecule has 0 aliphatic carbocycles. The Hall–Kier alpha value is -1.04. The van der Waals surface area contributed by atoms with Crippen molar-refractivity contribution in [3.05, 3.63) is 0 Å². The summed E-state index contributed by atoms with van der Waals surface area (Å²) in [5.41, 5.74) is 0. The van der Waals surface area contributed by atoms with Crippen LogP contribution >= 0.6 is 12.8 Å². The summed E-state index contributed by atoms with van der Waals surface area (Å²) >= 11 is 3.57. The first-order chi connectivity index (χ1) is 6.56. The van der Waals surface area contributed by atoms with Gasteiger partial charge in [-0.25, -0.2) is 0 Å². The maximum absolute atomic E-state index is 11.4. The number of hydrogen-bond donors (Lipinski definition) is 2. The van der Waals surface area contributed by atoms with E-state index < -0.39 is 0 Å². The molecule has 1 aliphatic rings. The number of carbonyl (C=O) groups excluding carboxylic acids is 3. The predicted molar refractivity (Wildman–Crippen MR) is 52.2 cm³/mol. The summed E-state index contributed by atoms with van der Waals surface area (Å²) in [7, 11) is 0. The van der Waals surface area contributed by atoms with Crippen molar-refractivity contribution in [2.75, 3.05) is 6.54 Å². The van der Waals surface area contributed by atoms with Crippen LogP contribution in [0.15, 0.2) is 0 Å². The number of hydrogen-bond acceptors (Lipinski definition) is 4. The van der Waals surface area contributed by atoms with Crippen LogP contribution in [0, 0.1) is 5.92 Å². The van der Waals surface area contributed by atoms with E-state index in [1.165, 1.54) is 0 Å². The van der Waals surface area contributed by atoms with Crippen molar-refractivity contribution in [1.82, 2.24) is 9.62 Å². The highest BCUT2D eigenvalue weighted by molar-refractivity contribution is 7.78. The van der Waals surface area contributed by atoms with E-state index in [0.717, 1.165) is 4.90 Å². The molecule has 14 heavy (non-hydrogen) atoms. The molecule has 1 aliphatic heterocycles. The minimum Gasteiger partial charge on any atom is -0.303 e. The SMILES string of the molecule is CC1CC(=O)N(CCC(=O)NS)C1=O. The Bertz CT molecular complexity index is 280. The molecule has 1 atom stereocenters. The van der Waals surface area contributed by atoms with Crippen LogP contribution in [0.3, 0.4) is 0 Å². The zero-order valence-corrected chi connectivity index (χ0v) is 8.71. The summed E-state index contributed by atoms with van der Waals surface area (Å²) in [5.74, 6) is -0.938. The molecule has 0 spiro atoms. The molecule has 0 radical (unpaired) electrons. The van der Waals surface area contributed by atoms with Crippen LogP contribution in [-0.2, 0) is 14.4 Å². The van der Waals surface area contributed by atoms with Crippen LogP contribution < -0.4 is 4.72 Å². The zero-order chi connectivity index (χ0) is 10.7. The van der Waals surface area contributed by atoms with Gasteiger partial charge in [0.25, 0.3) is 0 Å². The molecule has 5 nitrogen and oxygen atoms in total. The standard InChI is InChI=1S/C8H12N2O3S/c1-5-4-7(12)10(8(5)13)3-2-6(11)9-14/h5,14H,2-4H2,1H3,(H,9,11). The lowest BCUT2D eigenvalue weighted by molar-refractivity contribution is -0.139. The third-order valence-corrected chi connectivity index (χ3v) is 2.41. The number of nitrogens with zero attached hydrogens (tertiary/aromatic N) is 1. The lowest BCUT2D eigenvalue weighted by Gasteiger charge is -2.12. The third-order valence-electron chi connectivity index (χ3n) is 2.16. The van der Waals surface area contributed by atoms with Crippen molar-refractivity contribution >= 4 is 30.5 Å². The van der Waals surface area contributed by atoms with E-state index >= 15 is 0 Å². The molecule has 0 aromatic heterocycles. The number of thiol groups is 1. The quantitative estimate of drug-likeness (QED) is 0.504. The highest BCUT2D eigenvalue weighted by Crippen LogP contribution is 2.18. The summed E-state index contributed by atoms with van der Waals surface area (Å²) in [6, 6.07) is 0. The van der Waals surface area contributed by atoms with Gasteiger partial charge in [-0.2, -0.15) is 0 Å². The van der Waals surface area contributed by atoms with E-state index in [1.54, 1.807) is 6.92 Å². The van der Waals surface area contributed by atoms with Crippen LogP contribution in [0.2, 0.25) is 0 Å². The molecule has 1 saturated heterocycles. The Morgan fingerprint density at radius 1 is 1.64 bits per heavy atom. The van der Waals surface area contributed by atoms with E-state index in [0.29, 0.717) is 0 Å². The van der Waals surface area contributed by atoms with Gasteiger partial charge >= 0.3 is 0 Å². The number of likely N-dealkylation sites (tertiary alicyclic amines) is 1. The zero-order valence-electron chi connectivity index (χ0n) is 7.82. The highest BCUT2D eigenvalue weighted by atomic mass is 32.1. The first-order valence-electron chi connectivity index (χ1n) is 4.33. The lowest BCUT2D eigenvalue weighted by Crippen LogP contribution is -2.33. The number of carbonyl (C=O) groups is 3. The fourth-order valence-corrected chi connectivity index (χ4v) is 1.46. The normalized spacial score (nSPS) is 21.6. The van der Waals surface area contributed by atoms with E-state index in [9.17, 15) is 14.4 Å². The minimum absolute atomic E-state index is 0.105. The van der Waals surface area contributed by atoms with Gasteiger partial charge in [0.2, 0.25) is 17.7 Å². The van der Waals surface area contributed by atoms with Gasteiger partial charge < -0.3 is 4.72 Å². The first-order valence-corrected chi connectivity index (χ1v) is 4.78. The largest absolute Gasteiger partial charge is 0.303 e. The Morgan fingerprint density at radius 3 is 2.71 bits per heavy atom. The van der Waals surface area contributed by atoms with Gasteiger partial charge in [-0.3, -0.25) is 19.3 Å². The average molecular weight is 216 g/mol. The number of rotatable bonds is 3. The minimum atomic E-state index is -0.298. The van der Waals surface area contributed by atoms with E-state index in [1.807, 2.05) is 0 Å². The Labute approximate surface area is 87.4 Å². The van der Waals surface area contributed by atoms with Crippen molar-refractivity contribution in [2.24, 2.45) is 5.92 Å². The molecule has 0 aromatic carbocycles. The summed E-state index contributed by atoms with van der Waals surface area (Å²) in [6.45, 7) is 1.85. The molecule has 1 N–H and O–H groups in total. The van der Waals surface area contributed by atoms with Gasteiger partial charge in [0, 0.05) is 25.3 Å². The molecule has 0 aromatic rings. The highest BCUT2D eigenvalue weighted by Gasteiger charge is 2.35. The molecule has 78 valence electrons. The third kappa shape index (κ3) is 2.25. The van der Waals surface area contributed by atoms with Gasteiger partial charge in [-0.05, 0) is 0 Å². The predicted octanol–water partition coefficient (Wildman–Crippen LogP) is -0.268. The van der Waals surface area contributed by atoms with Crippen molar-refractivity contribution < 1.29 is 14.4 Å². The topological polar surface area (TPSA) is 66.5 Å². The summed E-state index contributed by atoms with van der Waals surface area (Å²) in [6.07, 6.45) is 0.356. The van der Waals surface area contributed by atoms with Gasteiger partial charge in [-0.15, -0.1) is 0 Å². The number of nitrogens with one attached hydrogen (secondary N) is 1. The summed E-state index contributed by atoms with van der Waals surface area (Å²) in [4.78, 5) is 34.6. The fraction of sp³-hybridized carbons (Fsp3) is 0.625.